The fourth-order valence-electron chi connectivity index (χ4n) is 0.844. The highest BCUT2D eigenvalue weighted by Crippen LogP contribution is 2.12. The zero-order chi connectivity index (χ0) is 8.27. The van der Waals surface area contributed by atoms with Crippen LogP contribution in [-0.2, 0) is 4.79 Å². The van der Waals surface area contributed by atoms with Crippen LogP contribution >= 0.6 is 0 Å². The summed E-state index contributed by atoms with van der Waals surface area (Å²) in [6.45, 7) is 1.68. The molecule has 1 aromatic carbocycles. The Morgan fingerprint density at radius 2 is 2.27 bits per heavy atom. The van der Waals surface area contributed by atoms with E-state index >= 15 is 0 Å². The predicted molar refractivity (Wildman–Crippen MR) is 40.5 cm³/mol. The van der Waals surface area contributed by atoms with Gasteiger partial charge in [0.1, 0.15) is 5.82 Å². The van der Waals surface area contributed by atoms with E-state index in [0.29, 0.717) is 5.56 Å². The molecule has 2 heteroatoms. The van der Waals surface area contributed by atoms with Crippen LogP contribution in [0.5, 0.6) is 0 Å². The summed E-state index contributed by atoms with van der Waals surface area (Å²) in [5, 5.41) is 0. The first-order valence-corrected chi connectivity index (χ1v) is 3.37. The second kappa shape index (κ2) is 3.28. The molecular weight excluding hydrogens is 143 g/mol. The second-order valence-electron chi connectivity index (χ2n) is 2.39. The van der Waals surface area contributed by atoms with E-state index in [1.54, 1.807) is 25.3 Å². The Morgan fingerprint density at radius 1 is 1.55 bits per heavy atom. The Bertz CT molecular complexity index is 257. The Kier molecular flexibility index (Phi) is 2.36. The van der Waals surface area contributed by atoms with E-state index in [0.717, 1.165) is 0 Å². The average Bonchev–Trinajstić information content (AvgIpc) is 2.03. The molecule has 0 amide bonds. The summed E-state index contributed by atoms with van der Waals surface area (Å²) in [6.07, 6.45) is 1.79. The first-order valence-electron chi connectivity index (χ1n) is 3.37. The van der Waals surface area contributed by atoms with Crippen molar-refractivity contribution in [2.24, 2.45) is 0 Å². The predicted octanol–water partition coefficient (Wildman–Crippen LogP) is 2.04. The van der Waals surface area contributed by atoms with Crippen molar-refractivity contribution in [3.8, 4) is 0 Å². The highest BCUT2D eigenvalue weighted by molar-refractivity contribution is 5.61. The van der Waals surface area contributed by atoms with Crippen LogP contribution in [-0.4, -0.2) is 6.29 Å². The van der Waals surface area contributed by atoms with Gasteiger partial charge in [-0.05, 0) is 17.7 Å². The quantitative estimate of drug-likeness (QED) is 0.632. The summed E-state index contributed by atoms with van der Waals surface area (Å²) < 4.78 is 12.5. The molecule has 57 valence electrons. The van der Waals surface area contributed by atoms with Crippen molar-refractivity contribution in [3.63, 3.8) is 0 Å². The van der Waals surface area contributed by atoms with Crippen LogP contribution in [0, 0.1) is 5.82 Å². The summed E-state index contributed by atoms with van der Waals surface area (Å²) in [7, 11) is 0. The van der Waals surface area contributed by atoms with Gasteiger partial charge in [-0.15, -0.1) is 0 Å². The van der Waals surface area contributed by atoms with Gasteiger partial charge in [-0.1, -0.05) is 19.1 Å². The summed E-state index contributed by atoms with van der Waals surface area (Å²) in [5.41, 5.74) is 0.667. The Labute approximate surface area is 64.9 Å². The van der Waals surface area contributed by atoms with E-state index in [-0.39, 0.29) is 11.7 Å². The molecule has 0 aliphatic carbocycles. The van der Waals surface area contributed by atoms with Crippen molar-refractivity contribution in [1.82, 2.24) is 0 Å². The fraction of sp³-hybridized carbons (Fsp3) is 0.222. The molecule has 1 radical (unpaired) electrons. The van der Waals surface area contributed by atoms with Gasteiger partial charge in [-0.3, -0.25) is 4.79 Å². The van der Waals surface area contributed by atoms with E-state index in [4.69, 9.17) is 0 Å². The SMILES string of the molecule is CC([C]=O)c1cccc(F)c1. The van der Waals surface area contributed by atoms with Crippen molar-refractivity contribution < 1.29 is 9.18 Å². The zero-order valence-electron chi connectivity index (χ0n) is 6.17. The summed E-state index contributed by atoms with van der Waals surface area (Å²) in [6, 6.07) is 5.98. The number of hydrogen-bond donors (Lipinski definition) is 0. The molecule has 1 aromatic rings. The molecule has 1 unspecified atom stereocenters. The van der Waals surface area contributed by atoms with Gasteiger partial charge in [0.05, 0.1) is 0 Å². The van der Waals surface area contributed by atoms with Crippen molar-refractivity contribution in [2.75, 3.05) is 0 Å². The molecule has 0 spiro atoms. The molecule has 0 heterocycles. The smallest absolute Gasteiger partial charge is 0.206 e. The van der Waals surface area contributed by atoms with Crippen LogP contribution in [0.1, 0.15) is 18.4 Å². The van der Waals surface area contributed by atoms with E-state index in [9.17, 15) is 9.18 Å². The lowest BCUT2D eigenvalue weighted by molar-refractivity contribution is 0.546. The van der Waals surface area contributed by atoms with E-state index < -0.39 is 0 Å². The molecule has 1 rings (SSSR count). The number of carbonyl (C=O) groups excluding carboxylic acids is 1. The maximum absolute atomic E-state index is 12.5. The maximum atomic E-state index is 12.5. The lowest BCUT2D eigenvalue weighted by Gasteiger charge is -2.01. The lowest BCUT2D eigenvalue weighted by atomic mass is 10.0. The van der Waals surface area contributed by atoms with Crippen LogP contribution in [0.2, 0.25) is 0 Å². The second-order valence-corrected chi connectivity index (χ2v) is 2.39. The Morgan fingerprint density at radius 3 is 2.82 bits per heavy atom. The molecule has 0 N–H and O–H groups in total. The molecule has 0 bridgehead atoms. The van der Waals surface area contributed by atoms with Gasteiger partial charge in [0.15, 0.2) is 0 Å². The third kappa shape index (κ3) is 1.87. The van der Waals surface area contributed by atoms with Crippen LogP contribution in [0.15, 0.2) is 24.3 Å². The Hall–Kier alpha value is -1.18. The summed E-state index contributed by atoms with van der Waals surface area (Å²) in [5.74, 6) is -0.657. The van der Waals surface area contributed by atoms with Crippen molar-refractivity contribution in [3.05, 3.63) is 35.6 Å². The average molecular weight is 151 g/mol. The molecule has 1 atom stereocenters. The third-order valence-corrected chi connectivity index (χ3v) is 1.53. The molecule has 1 nitrogen and oxygen atoms in total. The zero-order valence-corrected chi connectivity index (χ0v) is 6.17. The van der Waals surface area contributed by atoms with Gasteiger partial charge in [-0.25, -0.2) is 4.39 Å². The molecule has 0 aliphatic heterocycles. The van der Waals surface area contributed by atoms with Gasteiger partial charge in [0.25, 0.3) is 0 Å². The van der Waals surface area contributed by atoms with Gasteiger partial charge < -0.3 is 0 Å². The van der Waals surface area contributed by atoms with Crippen LogP contribution in [0.3, 0.4) is 0 Å². The van der Waals surface area contributed by atoms with Crippen LogP contribution < -0.4 is 0 Å². The lowest BCUT2D eigenvalue weighted by Crippen LogP contribution is -1.93. The van der Waals surface area contributed by atoms with Crippen molar-refractivity contribution in [1.29, 1.82) is 0 Å². The molecule has 0 fully saturated rings. The third-order valence-electron chi connectivity index (χ3n) is 1.53. The monoisotopic (exact) mass is 151 g/mol. The number of benzene rings is 1. The summed E-state index contributed by atoms with van der Waals surface area (Å²) >= 11 is 0. The van der Waals surface area contributed by atoms with Crippen LogP contribution in [0.4, 0.5) is 4.39 Å². The first kappa shape index (κ1) is 7.92. The first-order chi connectivity index (χ1) is 5.24. The standard InChI is InChI=1S/C9H8FO/c1-7(6-11)8-3-2-4-9(10)5-8/h2-5,7H,1H3. The normalized spacial score (nSPS) is 12.5. The van der Waals surface area contributed by atoms with Gasteiger partial charge >= 0.3 is 0 Å². The minimum absolute atomic E-state index is 0.315. The number of hydrogen-bond acceptors (Lipinski definition) is 1. The molecule has 0 aliphatic rings. The largest absolute Gasteiger partial charge is 0.290 e. The number of halogens is 1. The highest BCUT2D eigenvalue weighted by atomic mass is 19.1. The minimum atomic E-state index is -0.342. The molecule has 0 aromatic heterocycles. The molecule has 11 heavy (non-hydrogen) atoms. The highest BCUT2D eigenvalue weighted by Gasteiger charge is 2.04. The minimum Gasteiger partial charge on any atom is -0.290 e. The van der Waals surface area contributed by atoms with Gasteiger partial charge in [0.2, 0.25) is 6.29 Å². The molecular formula is C9H8FO. The maximum Gasteiger partial charge on any atom is 0.206 e. The number of rotatable bonds is 2. The molecule has 0 saturated heterocycles. The Balaban J connectivity index is 2.95. The van der Waals surface area contributed by atoms with E-state index in [1.165, 1.54) is 12.1 Å². The summed E-state index contributed by atoms with van der Waals surface area (Å²) in [4.78, 5) is 10.2. The van der Waals surface area contributed by atoms with Crippen molar-refractivity contribution in [2.45, 2.75) is 12.8 Å². The van der Waals surface area contributed by atoms with Crippen molar-refractivity contribution >= 4 is 6.29 Å². The molecule has 0 saturated carbocycles. The van der Waals surface area contributed by atoms with E-state index in [1.807, 2.05) is 0 Å². The van der Waals surface area contributed by atoms with Gasteiger partial charge in [-0.2, -0.15) is 0 Å². The van der Waals surface area contributed by atoms with Gasteiger partial charge in [0, 0.05) is 5.92 Å². The topological polar surface area (TPSA) is 17.1 Å². The van der Waals surface area contributed by atoms with E-state index in [2.05, 4.69) is 0 Å². The van der Waals surface area contributed by atoms with Crippen LogP contribution in [0.25, 0.3) is 0 Å². The fourth-order valence-corrected chi connectivity index (χ4v) is 0.844.